The second kappa shape index (κ2) is 12.9. The Morgan fingerprint density at radius 3 is 2.20 bits per heavy atom. The molecule has 2 heterocycles. The van der Waals surface area contributed by atoms with Crippen molar-refractivity contribution >= 4 is 12.1 Å². The van der Waals surface area contributed by atoms with Gasteiger partial charge in [0.15, 0.2) is 0 Å². The number of aromatic nitrogens is 1. The highest BCUT2D eigenvalue weighted by atomic mass is 19.4. The van der Waals surface area contributed by atoms with E-state index in [0.717, 1.165) is 0 Å². The average Bonchev–Trinajstić information content (AvgIpc) is 3.32. The Kier molecular flexibility index (Phi) is 9.35. The van der Waals surface area contributed by atoms with Gasteiger partial charge in [0.1, 0.15) is 11.9 Å². The molecule has 2 unspecified atom stereocenters. The van der Waals surface area contributed by atoms with E-state index in [4.69, 9.17) is 14.5 Å². The highest BCUT2D eigenvalue weighted by Crippen LogP contribution is 2.45. The number of alkyl halides is 6. The standard InChI is InChI=1S/C36H34F6N2O5/c1-19(2)28-11-10-25(26-16-21(9-12-30(26)48-5)27-8-6-7-13-34(27,4)32(45)46)29(43-28)18-44-20(3)31(49-33(44)47)22-14-23(35(37,38)39)17-24(15-22)36(40,41)42/h6-17,19-20,27,31H,18H2,1-5H3,(H,45,46)/t20-,27?,31-,34?/m0/s1. The number of hydrogen-bond donors (Lipinski definition) is 1. The molecule has 13 heteroatoms. The molecule has 1 aliphatic heterocycles. The van der Waals surface area contributed by atoms with Crippen molar-refractivity contribution in [2.75, 3.05) is 7.11 Å². The third-order valence-electron chi connectivity index (χ3n) is 9.07. The van der Waals surface area contributed by atoms with E-state index in [2.05, 4.69) is 0 Å². The van der Waals surface area contributed by atoms with Crippen molar-refractivity contribution in [1.29, 1.82) is 0 Å². The summed E-state index contributed by atoms with van der Waals surface area (Å²) in [5.41, 5.74) is -1.95. The van der Waals surface area contributed by atoms with Crippen LogP contribution in [-0.4, -0.2) is 40.2 Å². The van der Waals surface area contributed by atoms with E-state index in [1.807, 2.05) is 13.8 Å². The van der Waals surface area contributed by atoms with Gasteiger partial charge in [-0.05, 0) is 67.3 Å². The van der Waals surface area contributed by atoms with Crippen LogP contribution in [0.5, 0.6) is 5.75 Å². The van der Waals surface area contributed by atoms with Gasteiger partial charge in [-0.25, -0.2) is 4.79 Å². The van der Waals surface area contributed by atoms with Crippen LogP contribution in [0.2, 0.25) is 0 Å². The maximum Gasteiger partial charge on any atom is 0.416 e. The number of halogens is 6. The van der Waals surface area contributed by atoms with Crippen molar-refractivity contribution in [1.82, 2.24) is 9.88 Å². The van der Waals surface area contributed by atoms with Crippen molar-refractivity contribution in [2.24, 2.45) is 5.41 Å². The fourth-order valence-electron chi connectivity index (χ4n) is 6.20. The predicted molar refractivity (Wildman–Crippen MR) is 168 cm³/mol. The lowest BCUT2D eigenvalue weighted by molar-refractivity contribution is -0.146. The minimum absolute atomic E-state index is 0.0241. The van der Waals surface area contributed by atoms with Crippen LogP contribution in [0.1, 0.15) is 79.3 Å². The van der Waals surface area contributed by atoms with E-state index >= 15 is 0 Å². The molecule has 2 aliphatic rings. The molecule has 1 aliphatic carbocycles. The summed E-state index contributed by atoms with van der Waals surface area (Å²) in [5, 5.41) is 10.1. The molecule has 1 N–H and O–H groups in total. The Hall–Kier alpha value is -4.81. The van der Waals surface area contributed by atoms with Gasteiger partial charge >= 0.3 is 24.4 Å². The first-order valence-electron chi connectivity index (χ1n) is 15.4. The van der Waals surface area contributed by atoms with Gasteiger partial charge < -0.3 is 14.6 Å². The normalized spacial score (nSPS) is 22.5. The Bertz CT molecular complexity index is 1800. The number of ether oxygens (including phenoxy) is 2. The minimum Gasteiger partial charge on any atom is -0.496 e. The number of aliphatic carboxylic acids is 1. The Balaban J connectivity index is 1.57. The maximum atomic E-state index is 13.6. The summed E-state index contributed by atoms with van der Waals surface area (Å²) in [5.74, 6) is -1.18. The number of methoxy groups -OCH3 is 1. The van der Waals surface area contributed by atoms with Crippen LogP contribution >= 0.6 is 0 Å². The molecule has 0 spiro atoms. The third kappa shape index (κ3) is 6.88. The van der Waals surface area contributed by atoms with Gasteiger partial charge in [0.2, 0.25) is 0 Å². The summed E-state index contributed by atoms with van der Waals surface area (Å²) in [7, 11) is 1.47. The number of nitrogens with zero attached hydrogens (tertiary/aromatic N) is 2. The maximum absolute atomic E-state index is 13.6. The van der Waals surface area contributed by atoms with E-state index < -0.39 is 64.6 Å². The highest BCUT2D eigenvalue weighted by Gasteiger charge is 2.44. The SMILES string of the molecule is COc1ccc(C2C=CC=CC2(C)C(=O)O)cc1-c1ccc(C(C)C)nc1CN1C(=O)O[C@H](c2cc(C(F)(F)F)cc(C(F)(F)F)c2)[C@@H]1C. The molecule has 4 atom stereocenters. The highest BCUT2D eigenvalue weighted by molar-refractivity contribution is 5.80. The molecular weight excluding hydrogens is 654 g/mol. The molecule has 5 rings (SSSR count). The number of allylic oxidation sites excluding steroid dienone is 3. The Labute approximate surface area is 278 Å². The minimum atomic E-state index is -5.07. The van der Waals surface area contributed by atoms with Crippen LogP contribution in [0.15, 0.2) is 72.8 Å². The molecule has 49 heavy (non-hydrogen) atoms. The van der Waals surface area contributed by atoms with Gasteiger partial charge in [-0.2, -0.15) is 26.3 Å². The van der Waals surface area contributed by atoms with E-state index in [1.165, 1.54) is 18.9 Å². The number of rotatable bonds is 8. The number of benzene rings is 2. The van der Waals surface area contributed by atoms with E-state index in [-0.39, 0.29) is 18.5 Å². The number of carboxylic acid groups (broad SMARTS) is 1. The summed E-state index contributed by atoms with van der Waals surface area (Å²) in [6.07, 6.45) is -5.67. The lowest BCUT2D eigenvalue weighted by Gasteiger charge is -2.32. The van der Waals surface area contributed by atoms with Gasteiger partial charge in [-0.3, -0.25) is 14.7 Å². The lowest BCUT2D eigenvalue weighted by atomic mass is 9.71. The first kappa shape index (κ1) is 35.5. The van der Waals surface area contributed by atoms with Gasteiger partial charge in [0.25, 0.3) is 0 Å². The lowest BCUT2D eigenvalue weighted by Crippen LogP contribution is -2.33. The van der Waals surface area contributed by atoms with Gasteiger partial charge in [0, 0.05) is 22.7 Å². The molecule has 1 aromatic heterocycles. The fourth-order valence-corrected chi connectivity index (χ4v) is 6.20. The molecule has 1 fully saturated rings. The molecule has 1 amide bonds. The fraction of sp³-hybridized carbons (Fsp3) is 0.361. The molecular formula is C36H34F6N2O5. The van der Waals surface area contributed by atoms with Crippen molar-refractivity contribution in [2.45, 2.75) is 70.6 Å². The molecule has 3 aromatic rings. The van der Waals surface area contributed by atoms with Crippen molar-refractivity contribution in [3.05, 3.63) is 106 Å². The number of carbonyl (C=O) groups is 2. The van der Waals surface area contributed by atoms with Crippen molar-refractivity contribution < 1.29 is 50.5 Å². The average molecular weight is 689 g/mol. The van der Waals surface area contributed by atoms with Crippen molar-refractivity contribution in [3.63, 3.8) is 0 Å². The number of carboxylic acids is 1. The van der Waals surface area contributed by atoms with E-state index in [1.54, 1.807) is 61.6 Å². The molecule has 0 saturated carbocycles. The summed E-state index contributed by atoms with van der Waals surface area (Å²) < 4.78 is 92.8. The largest absolute Gasteiger partial charge is 0.496 e. The molecule has 7 nitrogen and oxygen atoms in total. The molecule has 0 radical (unpaired) electrons. The molecule has 0 bridgehead atoms. The summed E-state index contributed by atoms with van der Waals surface area (Å²) in [4.78, 5) is 31.6. The number of amides is 1. The zero-order valence-electron chi connectivity index (χ0n) is 27.2. The zero-order chi connectivity index (χ0) is 36.1. The van der Waals surface area contributed by atoms with Crippen LogP contribution in [0, 0.1) is 5.41 Å². The van der Waals surface area contributed by atoms with Gasteiger partial charge in [-0.1, -0.05) is 50.3 Å². The summed E-state index contributed by atoms with van der Waals surface area (Å²) in [6, 6.07) is 9.01. The second-order valence-corrected chi connectivity index (χ2v) is 12.7. The molecule has 1 saturated heterocycles. The van der Waals surface area contributed by atoms with E-state index in [0.29, 0.717) is 46.0 Å². The number of cyclic esters (lactones) is 1. The van der Waals surface area contributed by atoms with Gasteiger partial charge in [0.05, 0.1) is 41.9 Å². The quantitative estimate of drug-likeness (QED) is 0.238. The number of hydrogen-bond acceptors (Lipinski definition) is 5. The molecule has 2 aromatic carbocycles. The molecule has 260 valence electrons. The first-order chi connectivity index (χ1) is 22.8. The van der Waals surface area contributed by atoms with Crippen LogP contribution in [0.4, 0.5) is 31.1 Å². The van der Waals surface area contributed by atoms with Crippen LogP contribution in [-0.2, 0) is 28.4 Å². The second-order valence-electron chi connectivity index (χ2n) is 12.7. The number of pyridine rings is 1. The Morgan fingerprint density at radius 2 is 1.63 bits per heavy atom. The Morgan fingerprint density at radius 1 is 0.980 bits per heavy atom. The zero-order valence-corrected chi connectivity index (χ0v) is 27.2. The van der Waals surface area contributed by atoms with Gasteiger partial charge in [-0.15, -0.1) is 0 Å². The summed E-state index contributed by atoms with van der Waals surface area (Å²) >= 11 is 0. The van der Waals surface area contributed by atoms with E-state index in [9.17, 15) is 41.0 Å². The van der Waals surface area contributed by atoms with Crippen LogP contribution in [0.25, 0.3) is 11.1 Å². The summed E-state index contributed by atoms with van der Waals surface area (Å²) in [6.45, 7) is 6.72. The number of carbonyl (C=O) groups excluding carboxylic acids is 1. The van der Waals surface area contributed by atoms with Crippen molar-refractivity contribution in [3.8, 4) is 16.9 Å². The van der Waals surface area contributed by atoms with Crippen LogP contribution < -0.4 is 4.74 Å². The van der Waals surface area contributed by atoms with Crippen LogP contribution in [0.3, 0.4) is 0 Å². The predicted octanol–water partition coefficient (Wildman–Crippen LogP) is 9.30. The monoisotopic (exact) mass is 688 g/mol. The smallest absolute Gasteiger partial charge is 0.416 e. The third-order valence-corrected chi connectivity index (χ3v) is 9.07. The first-order valence-corrected chi connectivity index (χ1v) is 15.4. The topological polar surface area (TPSA) is 89.0 Å².